The molecule has 0 spiro atoms. The van der Waals surface area contributed by atoms with Crippen LogP contribution in [0.2, 0.25) is 0 Å². The van der Waals surface area contributed by atoms with Crippen LogP contribution in [-0.2, 0) is 11.3 Å². The molecule has 1 atom stereocenters. The maximum atomic E-state index is 13.1. The van der Waals surface area contributed by atoms with E-state index >= 15 is 0 Å². The highest BCUT2D eigenvalue weighted by Crippen LogP contribution is 2.36. The van der Waals surface area contributed by atoms with Crippen LogP contribution in [0.15, 0.2) is 66.7 Å². The monoisotopic (exact) mass is 430 g/mol. The van der Waals surface area contributed by atoms with Gasteiger partial charge in [-0.1, -0.05) is 42.5 Å². The molecule has 0 radical (unpaired) electrons. The van der Waals surface area contributed by atoms with Crippen molar-refractivity contribution < 1.29 is 14.3 Å². The van der Waals surface area contributed by atoms with Crippen LogP contribution >= 0.6 is 0 Å². The first-order chi connectivity index (χ1) is 15.5. The third kappa shape index (κ3) is 5.28. The Hall–Kier alpha value is -3.34. The molecule has 1 saturated carbocycles. The van der Waals surface area contributed by atoms with Crippen LogP contribution in [0.1, 0.15) is 42.1 Å². The van der Waals surface area contributed by atoms with Crippen molar-refractivity contribution in [3.05, 3.63) is 77.9 Å². The van der Waals surface area contributed by atoms with Gasteiger partial charge in [0, 0.05) is 31.1 Å². The van der Waals surface area contributed by atoms with Crippen LogP contribution in [0.3, 0.4) is 0 Å². The van der Waals surface area contributed by atoms with Gasteiger partial charge < -0.3 is 15.0 Å². The lowest BCUT2D eigenvalue weighted by Gasteiger charge is -2.30. The molecular formula is C27H30N2O3. The number of nitrogens with one attached hydrogen (secondary N) is 1. The maximum Gasteiger partial charge on any atom is 0.251 e. The second-order valence-corrected chi connectivity index (χ2v) is 8.52. The fourth-order valence-corrected chi connectivity index (χ4v) is 4.08. The topological polar surface area (TPSA) is 58.6 Å². The van der Waals surface area contributed by atoms with E-state index in [1.54, 1.807) is 7.11 Å². The van der Waals surface area contributed by atoms with Crippen molar-refractivity contribution in [2.24, 2.45) is 5.92 Å². The quantitative estimate of drug-likeness (QED) is 0.531. The summed E-state index contributed by atoms with van der Waals surface area (Å²) in [5.74, 6) is 1.29. The molecule has 1 unspecified atom stereocenters. The van der Waals surface area contributed by atoms with Crippen molar-refractivity contribution in [1.29, 1.82) is 0 Å². The fraction of sp³-hybridized carbons (Fsp3) is 0.333. The van der Waals surface area contributed by atoms with Gasteiger partial charge in [0.15, 0.2) is 0 Å². The lowest BCUT2D eigenvalue weighted by atomic mass is 10.1. The molecule has 1 aliphatic carbocycles. The lowest BCUT2D eigenvalue weighted by Crippen LogP contribution is -2.41. The maximum absolute atomic E-state index is 13.1. The number of benzene rings is 3. The van der Waals surface area contributed by atoms with Crippen LogP contribution < -0.4 is 10.1 Å². The highest BCUT2D eigenvalue weighted by molar-refractivity contribution is 5.98. The summed E-state index contributed by atoms with van der Waals surface area (Å²) in [5, 5.41) is 5.04. The number of carbonyl (C=O) groups excluding carboxylic acids is 2. The smallest absolute Gasteiger partial charge is 0.251 e. The number of ether oxygens (including phenoxy) is 1. The minimum atomic E-state index is -0.152. The van der Waals surface area contributed by atoms with E-state index in [2.05, 4.69) is 12.2 Å². The molecule has 166 valence electrons. The Morgan fingerprint density at radius 1 is 1.03 bits per heavy atom. The van der Waals surface area contributed by atoms with Gasteiger partial charge in [0.05, 0.1) is 7.11 Å². The van der Waals surface area contributed by atoms with Crippen LogP contribution in [0.4, 0.5) is 0 Å². The summed E-state index contributed by atoms with van der Waals surface area (Å²) in [6, 6.07) is 21.6. The van der Waals surface area contributed by atoms with Gasteiger partial charge in [0.2, 0.25) is 5.91 Å². The van der Waals surface area contributed by atoms with E-state index in [4.69, 9.17) is 4.74 Å². The van der Waals surface area contributed by atoms with Crippen molar-refractivity contribution in [2.45, 2.75) is 38.8 Å². The van der Waals surface area contributed by atoms with Crippen LogP contribution in [-0.4, -0.2) is 36.4 Å². The Labute approximate surface area is 189 Å². The molecule has 0 bridgehead atoms. The number of amides is 2. The molecule has 5 heteroatoms. The van der Waals surface area contributed by atoms with Crippen molar-refractivity contribution in [2.75, 3.05) is 13.7 Å². The number of carbonyl (C=O) groups is 2. The van der Waals surface area contributed by atoms with Gasteiger partial charge in [-0.2, -0.15) is 0 Å². The van der Waals surface area contributed by atoms with E-state index in [1.807, 2.05) is 71.6 Å². The largest absolute Gasteiger partial charge is 0.497 e. The van der Waals surface area contributed by atoms with Crippen molar-refractivity contribution >= 4 is 22.6 Å². The zero-order valence-corrected chi connectivity index (χ0v) is 18.7. The van der Waals surface area contributed by atoms with Crippen LogP contribution in [0.5, 0.6) is 5.75 Å². The predicted octanol–water partition coefficient (Wildman–Crippen LogP) is 4.80. The average Bonchev–Trinajstić information content (AvgIpc) is 3.67. The molecule has 1 fully saturated rings. The summed E-state index contributed by atoms with van der Waals surface area (Å²) < 4.78 is 5.23. The van der Waals surface area contributed by atoms with Crippen LogP contribution in [0.25, 0.3) is 10.8 Å². The lowest BCUT2D eigenvalue weighted by molar-refractivity contribution is -0.134. The highest BCUT2D eigenvalue weighted by Gasteiger charge is 2.34. The first-order valence-electron chi connectivity index (χ1n) is 11.2. The molecule has 4 rings (SSSR count). The van der Waals surface area contributed by atoms with E-state index in [1.165, 1.54) is 12.8 Å². The zero-order valence-electron chi connectivity index (χ0n) is 18.7. The molecule has 3 aromatic rings. The van der Waals surface area contributed by atoms with E-state index in [9.17, 15) is 9.59 Å². The second-order valence-electron chi connectivity index (χ2n) is 8.52. The SMILES string of the molecule is COc1ccc(CN(C(=O)CCNC(=O)c2ccc3ccccc3c2)C(C)C2CC2)cc1. The normalized spacial score (nSPS) is 14.1. The molecule has 0 saturated heterocycles. The Bertz CT molecular complexity index is 1090. The summed E-state index contributed by atoms with van der Waals surface area (Å²) in [6.07, 6.45) is 2.63. The van der Waals surface area contributed by atoms with E-state index in [0.717, 1.165) is 22.1 Å². The summed E-state index contributed by atoms with van der Waals surface area (Å²) in [6.45, 7) is 3.02. The van der Waals surface area contributed by atoms with Gasteiger partial charge >= 0.3 is 0 Å². The van der Waals surface area contributed by atoms with E-state index < -0.39 is 0 Å². The number of hydrogen-bond acceptors (Lipinski definition) is 3. The van der Waals surface area contributed by atoms with Gasteiger partial charge in [-0.15, -0.1) is 0 Å². The first-order valence-corrected chi connectivity index (χ1v) is 11.2. The summed E-state index contributed by atoms with van der Waals surface area (Å²) >= 11 is 0. The van der Waals surface area contributed by atoms with Crippen molar-refractivity contribution in [1.82, 2.24) is 10.2 Å². The number of hydrogen-bond donors (Lipinski definition) is 1. The molecule has 1 aliphatic rings. The minimum absolute atomic E-state index is 0.0685. The van der Waals surface area contributed by atoms with Crippen molar-refractivity contribution in [3.8, 4) is 5.75 Å². The molecule has 3 aromatic carbocycles. The standard InChI is InChI=1S/C27H30N2O3/c1-19(21-9-10-21)29(18-20-7-13-25(32-2)14-8-20)26(30)15-16-28-27(31)24-12-11-22-5-3-4-6-23(22)17-24/h3-8,11-14,17,19,21H,9-10,15-16,18H2,1-2H3,(H,28,31). The Morgan fingerprint density at radius 2 is 1.75 bits per heavy atom. The first kappa shape index (κ1) is 21.9. The second kappa shape index (κ2) is 9.86. The molecule has 0 aliphatic heterocycles. The van der Waals surface area contributed by atoms with Gasteiger partial charge in [0.25, 0.3) is 5.91 Å². The molecule has 0 aromatic heterocycles. The predicted molar refractivity (Wildman–Crippen MR) is 127 cm³/mol. The molecule has 32 heavy (non-hydrogen) atoms. The summed E-state index contributed by atoms with van der Waals surface area (Å²) in [7, 11) is 1.65. The third-order valence-electron chi connectivity index (χ3n) is 6.26. The Balaban J connectivity index is 1.36. The van der Waals surface area contributed by atoms with Gasteiger partial charge in [-0.3, -0.25) is 9.59 Å². The summed E-state index contributed by atoms with van der Waals surface area (Å²) in [4.78, 5) is 27.6. The molecule has 2 amide bonds. The number of nitrogens with zero attached hydrogens (tertiary/aromatic N) is 1. The molecular weight excluding hydrogens is 400 g/mol. The third-order valence-corrected chi connectivity index (χ3v) is 6.26. The number of fused-ring (bicyclic) bond motifs is 1. The number of methoxy groups -OCH3 is 1. The average molecular weight is 431 g/mol. The van der Waals surface area contributed by atoms with E-state index in [0.29, 0.717) is 24.6 Å². The fourth-order valence-electron chi connectivity index (χ4n) is 4.08. The van der Waals surface area contributed by atoms with E-state index in [-0.39, 0.29) is 24.3 Å². The Kier molecular flexibility index (Phi) is 6.74. The van der Waals surface area contributed by atoms with Gasteiger partial charge in [-0.25, -0.2) is 0 Å². The van der Waals surface area contributed by atoms with Gasteiger partial charge in [0.1, 0.15) is 5.75 Å². The number of rotatable bonds is 9. The molecule has 5 nitrogen and oxygen atoms in total. The van der Waals surface area contributed by atoms with Crippen LogP contribution in [0, 0.1) is 5.92 Å². The Morgan fingerprint density at radius 3 is 2.44 bits per heavy atom. The van der Waals surface area contributed by atoms with Gasteiger partial charge in [-0.05, 0) is 66.3 Å². The summed E-state index contributed by atoms with van der Waals surface area (Å²) in [5.41, 5.74) is 1.68. The minimum Gasteiger partial charge on any atom is -0.497 e. The highest BCUT2D eigenvalue weighted by atomic mass is 16.5. The van der Waals surface area contributed by atoms with Crippen molar-refractivity contribution in [3.63, 3.8) is 0 Å². The zero-order chi connectivity index (χ0) is 22.5. The molecule has 0 heterocycles. The molecule has 1 N–H and O–H groups in total.